The molecule has 5 heteroatoms. The van der Waals surface area contributed by atoms with Crippen molar-refractivity contribution in [1.29, 1.82) is 0 Å². The molecule has 0 N–H and O–H groups in total. The van der Waals surface area contributed by atoms with Crippen LogP contribution in [0.3, 0.4) is 0 Å². The van der Waals surface area contributed by atoms with Gasteiger partial charge in [0.05, 0.1) is 4.90 Å². The van der Waals surface area contributed by atoms with Crippen LogP contribution in [0.4, 0.5) is 0 Å². The van der Waals surface area contributed by atoms with E-state index in [2.05, 4.69) is 19.9 Å². The summed E-state index contributed by atoms with van der Waals surface area (Å²) < 4.78 is 36.4. The minimum absolute atomic E-state index is 0. The molecule has 180 valence electrons. The Hall–Kier alpha value is 0.246. The molecule has 0 saturated carbocycles. The van der Waals surface area contributed by atoms with Gasteiger partial charge in [-0.3, -0.25) is 0 Å². The van der Waals surface area contributed by atoms with Crippen molar-refractivity contribution in [3.8, 4) is 0 Å². The van der Waals surface area contributed by atoms with Crippen LogP contribution in [0.1, 0.15) is 115 Å². The Labute approximate surface area is 245 Å². The topological polar surface area (TPSA) is 57.2 Å². The summed E-state index contributed by atoms with van der Waals surface area (Å²) in [6.07, 6.45) is 18.8. The van der Waals surface area contributed by atoms with Crippen molar-refractivity contribution in [2.45, 2.75) is 121 Å². The van der Waals surface area contributed by atoms with E-state index in [0.717, 1.165) is 31.1 Å². The van der Waals surface area contributed by atoms with Gasteiger partial charge in [0, 0.05) is 0 Å². The van der Waals surface area contributed by atoms with Crippen molar-refractivity contribution < 1.29 is 64.4 Å². The van der Waals surface area contributed by atoms with E-state index in [1.807, 2.05) is 24.3 Å². The molecule has 0 heterocycles. The fourth-order valence-corrected chi connectivity index (χ4v) is 5.55. The summed E-state index contributed by atoms with van der Waals surface area (Å²) in [7, 11) is -4.51. The van der Waals surface area contributed by atoms with Crippen LogP contribution in [0, 0.1) is 0 Å². The molecule has 0 aliphatic heterocycles. The van der Waals surface area contributed by atoms with Gasteiger partial charge in [-0.2, -0.15) is 0 Å². The molecular weight excluding hydrogens is 455 g/mol. The minimum atomic E-state index is -4.51. The molecule has 2 aromatic carbocycles. The molecule has 0 fully saturated rings. The second-order valence-electron chi connectivity index (χ2n) is 9.31. The first-order chi connectivity index (χ1) is 15.5. The van der Waals surface area contributed by atoms with Gasteiger partial charge < -0.3 is 4.55 Å². The van der Waals surface area contributed by atoms with Gasteiger partial charge in [-0.25, -0.2) is 8.42 Å². The Kier molecular flexibility index (Phi) is 16.7. The standard InChI is InChI=1S/C28H44O3S.K/c1-3-5-7-9-11-13-15-17-24-19-22-27-26(23-24)21-20-25(28(27)32(29,30)31)18-16-14-12-10-8-6-4-2;/h19-23H,3-18H2,1-2H3,(H,29,30,31);/q;+1/p-1. The van der Waals surface area contributed by atoms with Crippen LogP contribution in [0.5, 0.6) is 0 Å². The first-order valence-electron chi connectivity index (χ1n) is 13.0. The maximum atomic E-state index is 12.1. The fourth-order valence-electron chi connectivity index (χ4n) is 4.60. The average molecular weight is 499 g/mol. The van der Waals surface area contributed by atoms with E-state index in [1.165, 1.54) is 76.2 Å². The molecule has 0 amide bonds. The molecule has 2 aromatic rings. The molecule has 0 aliphatic carbocycles. The predicted molar refractivity (Wildman–Crippen MR) is 135 cm³/mol. The summed E-state index contributed by atoms with van der Waals surface area (Å²) in [5.74, 6) is 0. The summed E-state index contributed by atoms with van der Waals surface area (Å²) >= 11 is 0. The maximum absolute atomic E-state index is 12.1. The van der Waals surface area contributed by atoms with Crippen molar-refractivity contribution in [3.63, 3.8) is 0 Å². The van der Waals surface area contributed by atoms with Gasteiger partial charge in [0.1, 0.15) is 10.1 Å². The number of hydrogen-bond acceptors (Lipinski definition) is 3. The molecule has 0 atom stereocenters. The van der Waals surface area contributed by atoms with E-state index in [-0.39, 0.29) is 56.3 Å². The molecule has 33 heavy (non-hydrogen) atoms. The first kappa shape index (κ1) is 31.3. The number of benzene rings is 2. The second-order valence-corrected chi connectivity index (χ2v) is 10.6. The molecule has 0 spiro atoms. The number of hydrogen-bond donors (Lipinski definition) is 0. The third-order valence-electron chi connectivity index (χ3n) is 6.49. The number of unbranched alkanes of at least 4 members (excludes halogenated alkanes) is 12. The fraction of sp³-hybridized carbons (Fsp3) is 0.643. The van der Waals surface area contributed by atoms with Gasteiger partial charge in [-0.1, -0.05) is 121 Å². The third kappa shape index (κ3) is 11.7. The maximum Gasteiger partial charge on any atom is 1.00 e. The quantitative estimate of drug-likeness (QED) is 0.168. The molecule has 0 radical (unpaired) electrons. The Morgan fingerprint density at radius 2 is 1.18 bits per heavy atom. The van der Waals surface area contributed by atoms with E-state index in [0.29, 0.717) is 17.4 Å². The Balaban J connectivity index is 0.00000544. The van der Waals surface area contributed by atoms with Crippen LogP contribution in [0.25, 0.3) is 10.8 Å². The Morgan fingerprint density at radius 3 is 1.73 bits per heavy atom. The molecule has 0 saturated heterocycles. The van der Waals surface area contributed by atoms with Gasteiger partial charge in [-0.15, -0.1) is 0 Å². The van der Waals surface area contributed by atoms with Crippen LogP contribution in [-0.2, 0) is 23.0 Å². The predicted octanol–water partition coefficient (Wildman–Crippen LogP) is 5.33. The van der Waals surface area contributed by atoms with Crippen LogP contribution in [-0.4, -0.2) is 13.0 Å². The van der Waals surface area contributed by atoms with Crippen molar-refractivity contribution in [2.24, 2.45) is 0 Å². The van der Waals surface area contributed by atoms with Crippen molar-refractivity contribution in [2.75, 3.05) is 0 Å². The zero-order chi connectivity index (χ0) is 23.2. The molecule has 0 aromatic heterocycles. The SMILES string of the molecule is CCCCCCCCCc1ccc2c(S(=O)(=O)[O-])c(CCCCCCCCC)ccc2c1.[K+]. The zero-order valence-electron chi connectivity index (χ0n) is 21.3. The van der Waals surface area contributed by atoms with Crippen LogP contribution < -0.4 is 51.4 Å². The summed E-state index contributed by atoms with van der Waals surface area (Å²) in [5.41, 5.74) is 1.90. The monoisotopic (exact) mass is 498 g/mol. The van der Waals surface area contributed by atoms with Gasteiger partial charge >= 0.3 is 51.4 Å². The number of fused-ring (bicyclic) bond motifs is 1. The van der Waals surface area contributed by atoms with Gasteiger partial charge in [0.15, 0.2) is 0 Å². The van der Waals surface area contributed by atoms with Crippen molar-refractivity contribution in [1.82, 2.24) is 0 Å². The largest absolute Gasteiger partial charge is 1.00 e. The van der Waals surface area contributed by atoms with Gasteiger partial charge in [0.2, 0.25) is 0 Å². The van der Waals surface area contributed by atoms with Crippen LogP contribution in [0.2, 0.25) is 0 Å². The van der Waals surface area contributed by atoms with E-state index in [1.54, 1.807) is 0 Å². The number of aryl methyl sites for hydroxylation is 2. The molecule has 0 unspecified atom stereocenters. The molecule has 3 nitrogen and oxygen atoms in total. The van der Waals surface area contributed by atoms with Crippen molar-refractivity contribution in [3.05, 3.63) is 41.5 Å². The van der Waals surface area contributed by atoms with E-state index >= 15 is 0 Å². The third-order valence-corrected chi connectivity index (χ3v) is 7.47. The first-order valence-corrected chi connectivity index (χ1v) is 14.4. The van der Waals surface area contributed by atoms with Gasteiger partial charge in [-0.05, 0) is 47.6 Å². The number of rotatable bonds is 17. The van der Waals surface area contributed by atoms with E-state index < -0.39 is 10.1 Å². The van der Waals surface area contributed by atoms with Crippen molar-refractivity contribution >= 4 is 20.9 Å². The summed E-state index contributed by atoms with van der Waals surface area (Å²) in [6, 6.07) is 9.78. The minimum Gasteiger partial charge on any atom is -0.744 e. The smallest absolute Gasteiger partial charge is 0.744 e. The second kappa shape index (κ2) is 17.6. The molecular formula is C28H43KO3S. The molecule has 2 rings (SSSR count). The van der Waals surface area contributed by atoms with Crippen LogP contribution >= 0.6 is 0 Å². The summed E-state index contributed by atoms with van der Waals surface area (Å²) in [4.78, 5) is 0.00320. The van der Waals surface area contributed by atoms with E-state index in [4.69, 9.17) is 0 Å². The zero-order valence-corrected chi connectivity index (χ0v) is 25.3. The average Bonchev–Trinajstić information content (AvgIpc) is 2.76. The summed E-state index contributed by atoms with van der Waals surface area (Å²) in [6.45, 7) is 4.45. The van der Waals surface area contributed by atoms with E-state index in [9.17, 15) is 13.0 Å². The molecule has 0 bridgehead atoms. The summed E-state index contributed by atoms with van der Waals surface area (Å²) in [5, 5.41) is 1.45. The van der Waals surface area contributed by atoms with Crippen LogP contribution in [0.15, 0.2) is 35.2 Å². The Bertz CT molecular complexity index is 909. The van der Waals surface area contributed by atoms with Gasteiger partial charge in [0.25, 0.3) is 0 Å². The normalized spacial score (nSPS) is 11.6. The Morgan fingerprint density at radius 1 is 0.667 bits per heavy atom. The molecule has 0 aliphatic rings.